The molecule has 0 aromatic carbocycles. The lowest BCUT2D eigenvalue weighted by Gasteiger charge is -2.00. The van der Waals surface area contributed by atoms with E-state index < -0.39 is 5.97 Å². The Kier molecular flexibility index (Phi) is 1.79. The summed E-state index contributed by atoms with van der Waals surface area (Å²) in [4.78, 5) is 21.8. The number of aromatic carboxylic acids is 1. The number of nitrogens with two attached hydrogens (primary N) is 1. The zero-order valence-corrected chi connectivity index (χ0v) is 8.64. The van der Waals surface area contributed by atoms with Gasteiger partial charge in [-0.25, -0.2) is 14.8 Å². The Morgan fingerprint density at radius 2 is 2.24 bits per heavy atom. The maximum Gasteiger partial charge on any atom is 0.352 e. The predicted octanol–water partition coefficient (Wildman–Crippen LogP) is 1.39. The van der Waals surface area contributed by atoms with E-state index in [-0.39, 0.29) is 5.69 Å². The lowest BCUT2D eigenvalue weighted by atomic mass is 10.1. The van der Waals surface area contributed by atoms with Gasteiger partial charge >= 0.3 is 5.97 Å². The number of nitrogens with one attached hydrogen (secondary N) is 1. The van der Waals surface area contributed by atoms with Crippen molar-refractivity contribution in [3.8, 4) is 0 Å². The van der Waals surface area contributed by atoms with Crippen LogP contribution in [-0.2, 0) is 0 Å². The maximum atomic E-state index is 10.9. The number of H-pyrrole nitrogens is 1. The first-order valence-electron chi connectivity index (χ1n) is 4.92. The van der Waals surface area contributed by atoms with Gasteiger partial charge in [-0.2, -0.15) is 0 Å². The fourth-order valence-corrected chi connectivity index (χ4v) is 1.88. The molecule has 84 valence electrons. The topological polar surface area (TPSA) is 105 Å². The highest BCUT2D eigenvalue weighted by molar-refractivity contribution is 6.11. The van der Waals surface area contributed by atoms with E-state index in [1.165, 1.54) is 6.07 Å². The Morgan fingerprint density at radius 1 is 1.41 bits per heavy atom. The van der Waals surface area contributed by atoms with Crippen molar-refractivity contribution in [1.82, 2.24) is 15.0 Å². The molecule has 0 amide bonds. The van der Waals surface area contributed by atoms with Crippen molar-refractivity contribution in [3.05, 3.63) is 30.2 Å². The molecule has 3 aromatic rings. The van der Waals surface area contributed by atoms with Gasteiger partial charge in [-0.3, -0.25) is 0 Å². The third kappa shape index (κ3) is 1.31. The second-order valence-corrected chi connectivity index (χ2v) is 3.67. The van der Waals surface area contributed by atoms with E-state index in [1.807, 2.05) is 0 Å². The average molecular weight is 228 g/mol. The second-order valence-electron chi connectivity index (χ2n) is 3.67. The molecule has 0 aliphatic rings. The number of aromatic amines is 1. The summed E-state index contributed by atoms with van der Waals surface area (Å²) in [7, 11) is 0. The molecular formula is C11H8N4O2. The molecule has 6 heteroatoms. The number of carboxylic acids is 1. The quantitative estimate of drug-likeness (QED) is 0.583. The number of rotatable bonds is 1. The van der Waals surface area contributed by atoms with Crippen LogP contribution in [0.1, 0.15) is 10.5 Å². The van der Waals surface area contributed by atoms with Gasteiger partial charge in [0.05, 0.1) is 0 Å². The lowest BCUT2D eigenvalue weighted by molar-refractivity contribution is 0.0691. The zero-order valence-electron chi connectivity index (χ0n) is 8.64. The largest absolute Gasteiger partial charge is 0.477 e. The normalized spacial score (nSPS) is 11.1. The van der Waals surface area contributed by atoms with Crippen LogP contribution in [0.25, 0.3) is 21.8 Å². The van der Waals surface area contributed by atoms with Crippen molar-refractivity contribution in [3.63, 3.8) is 0 Å². The molecule has 0 bridgehead atoms. The molecule has 17 heavy (non-hydrogen) atoms. The number of hydrogen-bond donors (Lipinski definition) is 3. The number of carbonyl (C=O) groups is 1. The van der Waals surface area contributed by atoms with Crippen LogP contribution in [0.3, 0.4) is 0 Å². The van der Waals surface area contributed by atoms with Crippen molar-refractivity contribution >= 4 is 33.6 Å². The molecule has 3 heterocycles. The van der Waals surface area contributed by atoms with E-state index in [4.69, 9.17) is 10.8 Å². The minimum Gasteiger partial charge on any atom is -0.477 e. The zero-order chi connectivity index (χ0) is 12.0. The van der Waals surface area contributed by atoms with Gasteiger partial charge in [0.25, 0.3) is 0 Å². The van der Waals surface area contributed by atoms with Gasteiger partial charge in [0, 0.05) is 28.6 Å². The van der Waals surface area contributed by atoms with Crippen LogP contribution in [0, 0.1) is 0 Å². The van der Waals surface area contributed by atoms with Crippen molar-refractivity contribution in [2.45, 2.75) is 0 Å². The summed E-state index contributed by atoms with van der Waals surface area (Å²) < 4.78 is 0. The van der Waals surface area contributed by atoms with Gasteiger partial charge in [0.1, 0.15) is 17.2 Å². The highest BCUT2D eigenvalue weighted by Gasteiger charge is 2.12. The van der Waals surface area contributed by atoms with Crippen molar-refractivity contribution in [1.29, 1.82) is 0 Å². The molecular weight excluding hydrogens is 220 g/mol. The molecule has 0 saturated carbocycles. The number of pyridine rings is 2. The van der Waals surface area contributed by atoms with Gasteiger partial charge < -0.3 is 15.8 Å². The summed E-state index contributed by atoms with van der Waals surface area (Å²) in [5, 5.41) is 11.2. The number of aromatic nitrogens is 3. The smallest absolute Gasteiger partial charge is 0.352 e. The number of hydrogen-bond acceptors (Lipinski definition) is 4. The summed E-state index contributed by atoms with van der Waals surface area (Å²) in [5.74, 6) is -0.663. The van der Waals surface area contributed by atoms with Crippen LogP contribution in [0.2, 0.25) is 0 Å². The molecule has 0 atom stereocenters. The van der Waals surface area contributed by atoms with Gasteiger partial charge in [-0.05, 0) is 12.1 Å². The number of carboxylic acid groups (broad SMARTS) is 1. The van der Waals surface area contributed by atoms with E-state index in [1.54, 1.807) is 18.5 Å². The summed E-state index contributed by atoms with van der Waals surface area (Å²) in [6, 6.07) is 3.30. The third-order valence-corrected chi connectivity index (χ3v) is 2.64. The molecule has 0 aliphatic heterocycles. The monoisotopic (exact) mass is 228 g/mol. The standard InChI is InChI=1S/C11H8N4O2/c12-9-8-5(1-2-13-9)4-14-10-6(8)3-7(15-10)11(16)17/h1-4H,(H2,12,13)(H,14,15)(H,16,17). The SMILES string of the molecule is Nc1nccc2cnc3[nH]c(C(=O)O)cc3c12. The Labute approximate surface area is 95.1 Å². The predicted molar refractivity (Wildman–Crippen MR) is 62.8 cm³/mol. The highest BCUT2D eigenvalue weighted by Crippen LogP contribution is 2.27. The van der Waals surface area contributed by atoms with Gasteiger partial charge in [-0.1, -0.05) is 0 Å². The van der Waals surface area contributed by atoms with Crippen LogP contribution in [0.5, 0.6) is 0 Å². The molecule has 0 fully saturated rings. The van der Waals surface area contributed by atoms with Crippen LogP contribution in [0.15, 0.2) is 24.5 Å². The molecule has 6 nitrogen and oxygen atoms in total. The van der Waals surface area contributed by atoms with Crippen molar-refractivity contribution in [2.75, 3.05) is 5.73 Å². The summed E-state index contributed by atoms with van der Waals surface area (Å²) in [6.45, 7) is 0. The summed E-state index contributed by atoms with van der Waals surface area (Å²) in [5.41, 5.74) is 6.39. The first-order valence-corrected chi connectivity index (χ1v) is 4.92. The lowest BCUT2D eigenvalue weighted by Crippen LogP contribution is -1.94. The van der Waals surface area contributed by atoms with E-state index in [9.17, 15) is 4.79 Å². The van der Waals surface area contributed by atoms with Crippen LogP contribution in [-0.4, -0.2) is 26.0 Å². The Balaban J connectivity index is 2.50. The molecule has 0 aliphatic carbocycles. The Hall–Kier alpha value is -2.63. The molecule has 0 unspecified atom stereocenters. The minimum atomic E-state index is -1.03. The van der Waals surface area contributed by atoms with E-state index in [2.05, 4.69) is 15.0 Å². The van der Waals surface area contributed by atoms with Crippen LogP contribution >= 0.6 is 0 Å². The number of fused-ring (bicyclic) bond motifs is 3. The van der Waals surface area contributed by atoms with Crippen molar-refractivity contribution < 1.29 is 9.90 Å². The molecule has 0 spiro atoms. The Bertz CT molecular complexity index is 748. The van der Waals surface area contributed by atoms with E-state index >= 15 is 0 Å². The average Bonchev–Trinajstić information content (AvgIpc) is 2.73. The molecule has 0 radical (unpaired) electrons. The number of nitrogens with zero attached hydrogens (tertiary/aromatic N) is 2. The fourth-order valence-electron chi connectivity index (χ4n) is 1.88. The molecule has 3 aromatic heterocycles. The van der Waals surface area contributed by atoms with Crippen molar-refractivity contribution in [2.24, 2.45) is 0 Å². The van der Waals surface area contributed by atoms with Gasteiger partial charge in [0.15, 0.2) is 0 Å². The first-order chi connectivity index (χ1) is 8.16. The van der Waals surface area contributed by atoms with E-state index in [0.29, 0.717) is 16.9 Å². The maximum absolute atomic E-state index is 10.9. The Morgan fingerprint density at radius 3 is 3.00 bits per heavy atom. The second kappa shape index (κ2) is 3.18. The number of anilines is 1. The first kappa shape index (κ1) is 9.59. The minimum absolute atomic E-state index is 0.0863. The van der Waals surface area contributed by atoms with Crippen LogP contribution < -0.4 is 5.73 Å². The fraction of sp³-hybridized carbons (Fsp3) is 0. The molecule has 3 rings (SSSR count). The highest BCUT2D eigenvalue weighted by atomic mass is 16.4. The molecule has 0 saturated heterocycles. The number of nitrogen functional groups attached to an aromatic ring is 1. The molecule has 4 N–H and O–H groups in total. The van der Waals surface area contributed by atoms with Gasteiger partial charge in [-0.15, -0.1) is 0 Å². The van der Waals surface area contributed by atoms with Crippen LogP contribution in [0.4, 0.5) is 5.82 Å². The summed E-state index contributed by atoms with van der Waals surface area (Å²) in [6.07, 6.45) is 3.23. The third-order valence-electron chi connectivity index (χ3n) is 2.64. The van der Waals surface area contributed by atoms with Gasteiger partial charge in [0.2, 0.25) is 0 Å². The van der Waals surface area contributed by atoms with E-state index in [0.717, 1.165) is 10.8 Å². The summed E-state index contributed by atoms with van der Waals surface area (Å²) >= 11 is 0.